The first-order valence-electron chi connectivity index (χ1n) is 6.54. The summed E-state index contributed by atoms with van der Waals surface area (Å²) in [5.41, 5.74) is 6.36. The van der Waals surface area contributed by atoms with Crippen LogP contribution in [-0.4, -0.2) is 19.8 Å². The molecule has 1 fully saturated rings. The third-order valence-electron chi connectivity index (χ3n) is 3.94. The quantitative estimate of drug-likeness (QED) is 0.660. The van der Waals surface area contributed by atoms with Gasteiger partial charge in [0, 0.05) is 13.2 Å². The van der Waals surface area contributed by atoms with Crippen LogP contribution < -0.4 is 5.73 Å². The Morgan fingerprint density at radius 3 is 2.67 bits per heavy atom. The van der Waals surface area contributed by atoms with Crippen molar-refractivity contribution >= 4 is 0 Å². The second-order valence-electron chi connectivity index (χ2n) is 5.08. The summed E-state index contributed by atoms with van der Waals surface area (Å²) in [5, 5.41) is 0. The van der Waals surface area contributed by atoms with Gasteiger partial charge in [-0.1, -0.05) is 20.3 Å². The SMILES string of the molecule is CCCOCCC1(CN)CCC(CC)C1. The van der Waals surface area contributed by atoms with Crippen molar-refractivity contribution in [1.29, 1.82) is 0 Å². The minimum atomic E-state index is 0.411. The molecule has 0 aromatic carbocycles. The van der Waals surface area contributed by atoms with E-state index in [2.05, 4.69) is 13.8 Å². The summed E-state index contributed by atoms with van der Waals surface area (Å²) >= 11 is 0. The Labute approximate surface area is 94.6 Å². The molecule has 0 heterocycles. The highest BCUT2D eigenvalue weighted by Gasteiger charge is 2.36. The van der Waals surface area contributed by atoms with Gasteiger partial charge in [0.25, 0.3) is 0 Å². The molecule has 1 rings (SSSR count). The van der Waals surface area contributed by atoms with E-state index in [1.807, 2.05) is 0 Å². The van der Waals surface area contributed by atoms with Gasteiger partial charge in [0.1, 0.15) is 0 Å². The zero-order valence-corrected chi connectivity index (χ0v) is 10.4. The van der Waals surface area contributed by atoms with E-state index in [0.29, 0.717) is 5.41 Å². The van der Waals surface area contributed by atoms with Crippen LogP contribution >= 0.6 is 0 Å². The van der Waals surface area contributed by atoms with Crippen LogP contribution in [0.1, 0.15) is 52.4 Å². The largest absolute Gasteiger partial charge is 0.381 e. The Hall–Kier alpha value is -0.0800. The van der Waals surface area contributed by atoms with Gasteiger partial charge in [-0.15, -0.1) is 0 Å². The highest BCUT2D eigenvalue weighted by atomic mass is 16.5. The first-order valence-corrected chi connectivity index (χ1v) is 6.54. The normalized spacial score (nSPS) is 31.0. The maximum atomic E-state index is 5.94. The highest BCUT2D eigenvalue weighted by molar-refractivity contribution is 4.89. The molecule has 0 aliphatic heterocycles. The van der Waals surface area contributed by atoms with Gasteiger partial charge in [-0.2, -0.15) is 0 Å². The summed E-state index contributed by atoms with van der Waals surface area (Å²) in [6.45, 7) is 7.10. The predicted molar refractivity (Wildman–Crippen MR) is 64.8 cm³/mol. The maximum absolute atomic E-state index is 5.94. The average Bonchev–Trinajstić information content (AvgIpc) is 2.69. The van der Waals surface area contributed by atoms with Crippen molar-refractivity contribution in [3.8, 4) is 0 Å². The first kappa shape index (κ1) is 13.0. The fourth-order valence-electron chi connectivity index (χ4n) is 2.72. The van der Waals surface area contributed by atoms with E-state index in [1.165, 1.54) is 32.1 Å². The molecule has 0 amide bonds. The molecule has 15 heavy (non-hydrogen) atoms. The third kappa shape index (κ3) is 3.76. The van der Waals surface area contributed by atoms with E-state index in [9.17, 15) is 0 Å². The van der Waals surface area contributed by atoms with Crippen LogP contribution in [0.3, 0.4) is 0 Å². The molecule has 0 saturated heterocycles. The summed E-state index contributed by atoms with van der Waals surface area (Å²) in [6, 6.07) is 0. The minimum absolute atomic E-state index is 0.411. The second kappa shape index (κ2) is 6.49. The van der Waals surface area contributed by atoms with Gasteiger partial charge >= 0.3 is 0 Å². The predicted octanol–water partition coefficient (Wildman–Crippen LogP) is 2.96. The van der Waals surface area contributed by atoms with E-state index < -0.39 is 0 Å². The Kier molecular flexibility index (Phi) is 5.62. The van der Waals surface area contributed by atoms with Crippen LogP contribution in [0.2, 0.25) is 0 Å². The number of rotatable bonds is 7. The van der Waals surface area contributed by atoms with Crippen molar-refractivity contribution in [2.45, 2.75) is 52.4 Å². The van der Waals surface area contributed by atoms with Gasteiger partial charge in [-0.05, 0) is 50.0 Å². The molecule has 2 heteroatoms. The molecule has 2 N–H and O–H groups in total. The second-order valence-corrected chi connectivity index (χ2v) is 5.08. The van der Waals surface area contributed by atoms with Crippen molar-refractivity contribution in [3.63, 3.8) is 0 Å². The van der Waals surface area contributed by atoms with E-state index >= 15 is 0 Å². The molecule has 0 radical (unpaired) electrons. The Balaban J connectivity index is 2.28. The average molecular weight is 213 g/mol. The Bertz CT molecular complexity index is 172. The molecular formula is C13H27NO. The molecular weight excluding hydrogens is 186 g/mol. The van der Waals surface area contributed by atoms with Crippen molar-refractivity contribution in [3.05, 3.63) is 0 Å². The summed E-state index contributed by atoms with van der Waals surface area (Å²) in [6.07, 6.45) is 7.62. The lowest BCUT2D eigenvalue weighted by Crippen LogP contribution is -2.29. The van der Waals surface area contributed by atoms with Crippen molar-refractivity contribution in [1.82, 2.24) is 0 Å². The van der Waals surface area contributed by atoms with Crippen LogP contribution in [-0.2, 0) is 4.74 Å². The molecule has 90 valence electrons. The standard InChI is InChI=1S/C13H27NO/c1-3-8-15-9-7-13(11-14)6-5-12(4-2)10-13/h12H,3-11,14H2,1-2H3. The molecule has 2 nitrogen and oxygen atoms in total. The zero-order chi connectivity index (χ0) is 11.1. The summed E-state index contributed by atoms with van der Waals surface area (Å²) < 4.78 is 5.58. The lowest BCUT2D eigenvalue weighted by atomic mass is 9.82. The van der Waals surface area contributed by atoms with Crippen molar-refractivity contribution < 1.29 is 4.74 Å². The molecule has 0 aromatic rings. The molecule has 0 bridgehead atoms. The van der Waals surface area contributed by atoms with Gasteiger partial charge in [0.05, 0.1) is 0 Å². The molecule has 1 aliphatic carbocycles. The van der Waals surface area contributed by atoms with Crippen LogP contribution in [0.15, 0.2) is 0 Å². The highest BCUT2D eigenvalue weighted by Crippen LogP contribution is 2.44. The maximum Gasteiger partial charge on any atom is 0.0471 e. The molecule has 2 unspecified atom stereocenters. The number of hydrogen-bond acceptors (Lipinski definition) is 2. The summed E-state index contributed by atoms with van der Waals surface area (Å²) in [4.78, 5) is 0. The van der Waals surface area contributed by atoms with Gasteiger partial charge < -0.3 is 10.5 Å². The fraction of sp³-hybridized carbons (Fsp3) is 1.00. The fourth-order valence-corrected chi connectivity index (χ4v) is 2.72. The monoisotopic (exact) mass is 213 g/mol. The van der Waals surface area contributed by atoms with E-state index in [1.54, 1.807) is 0 Å². The third-order valence-corrected chi connectivity index (χ3v) is 3.94. The van der Waals surface area contributed by atoms with Gasteiger partial charge in [-0.25, -0.2) is 0 Å². The van der Waals surface area contributed by atoms with Crippen LogP contribution in [0.4, 0.5) is 0 Å². The molecule has 1 aliphatic rings. The zero-order valence-electron chi connectivity index (χ0n) is 10.4. The summed E-state index contributed by atoms with van der Waals surface area (Å²) in [5.74, 6) is 0.916. The number of hydrogen-bond donors (Lipinski definition) is 1. The van der Waals surface area contributed by atoms with Crippen molar-refractivity contribution in [2.75, 3.05) is 19.8 Å². The van der Waals surface area contributed by atoms with Gasteiger partial charge in [0.2, 0.25) is 0 Å². The summed E-state index contributed by atoms with van der Waals surface area (Å²) in [7, 11) is 0. The van der Waals surface area contributed by atoms with E-state index in [-0.39, 0.29) is 0 Å². The molecule has 0 spiro atoms. The van der Waals surface area contributed by atoms with E-state index in [4.69, 9.17) is 10.5 Å². The Morgan fingerprint density at radius 1 is 1.33 bits per heavy atom. The van der Waals surface area contributed by atoms with Crippen LogP contribution in [0.5, 0.6) is 0 Å². The topological polar surface area (TPSA) is 35.2 Å². The lowest BCUT2D eigenvalue weighted by molar-refractivity contribution is 0.0959. The van der Waals surface area contributed by atoms with Gasteiger partial charge in [-0.3, -0.25) is 0 Å². The molecule has 1 saturated carbocycles. The first-order chi connectivity index (χ1) is 7.26. The molecule has 2 atom stereocenters. The number of ether oxygens (including phenoxy) is 1. The smallest absolute Gasteiger partial charge is 0.0471 e. The van der Waals surface area contributed by atoms with Crippen molar-refractivity contribution in [2.24, 2.45) is 17.1 Å². The minimum Gasteiger partial charge on any atom is -0.381 e. The number of nitrogens with two attached hydrogens (primary N) is 1. The van der Waals surface area contributed by atoms with Crippen LogP contribution in [0.25, 0.3) is 0 Å². The lowest BCUT2D eigenvalue weighted by Gasteiger charge is -2.27. The van der Waals surface area contributed by atoms with Gasteiger partial charge in [0.15, 0.2) is 0 Å². The van der Waals surface area contributed by atoms with E-state index in [0.717, 1.165) is 32.1 Å². The van der Waals surface area contributed by atoms with Crippen LogP contribution in [0, 0.1) is 11.3 Å². The molecule has 0 aromatic heterocycles. The Morgan fingerprint density at radius 2 is 2.13 bits per heavy atom.